The molecule has 0 heterocycles. The Morgan fingerprint density at radius 1 is 1.19 bits per heavy atom. The van der Waals surface area contributed by atoms with Crippen molar-refractivity contribution in [3.63, 3.8) is 0 Å². The van der Waals surface area contributed by atoms with Gasteiger partial charge in [-0.1, -0.05) is 44.1 Å². The summed E-state index contributed by atoms with van der Waals surface area (Å²) in [5.74, 6) is 2.47. The minimum absolute atomic E-state index is 0.0722. The van der Waals surface area contributed by atoms with Crippen LogP contribution in [0.1, 0.15) is 102 Å². The van der Waals surface area contributed by atoms with Crippen molar-refractivity contribution in [2.45, 2.75) is 103 Å². The lowest BCUT2D eigenvalue weighted by Gasteiger charge is -2.46. The summed E-state index contributed by atoms with van der Waals surface area (Å²) in [4.78, 5) is 16.9. The fourth-order valence-electron chi connectivity index (χ4n) is 7.45. The van der Waals surface area contributed by atoms with E-state index in [1.807, 2.05) is 12.1 Å². The number of rotatable bonds is 14. The van der Waals surface area contributed by atoms with Crippen LogP contribution < -0.4 is 16.2 Å². The second-order valence-electron chi connectivity index (χ2n) is 12.8. The third-order valence-electron chi connectivity index (χ3n) is 9.59. The van der Waals surface area contributed by atoms with Crippen LogP contribution in [0, 0.1) is 23.7 Å². The van der Waals surface area contributed by atoms with Crippen LogP contribution in [-0.4, -0.2) is 43.2 Å². The molecule has 7 heteroatoms. The first-order valence-electron chi connectivity index (χ1n) is 16.3. The summed E-state index contributed by atoms with van der Waals surface area (Å²) in [6, 6.07) is 4.13. The van der Waals surface area contributed by atoms with Crippen molar-refractivity contribution in [2.75, 3.05) is 20.3 Å². The molecule has 3 aliphatic carbocycles. The number of nitrogens with zero attached hydrogens (tertiary/aromatic N) is 1. The van der Waals surface area contributed by atoms with Crippen LogP contribution in [-0.2, 0) is 16.0 Å². The van der Waals surface area contributed by atoms with Gasteiger partial charge in [-0.2, -0.15) is 0 Å². The molecular weight excluding hydrogens is 526 g/mol. The third-order valence-corrected chi connectivity index (χ3v) is 9.59. The van der Waals surface area contributed by atoms with E-state index in [4.69, 9.17) is 20.9 Å². The molecule has 0 aliphatic heterocycles. The van der Waals surface area contributed by atoms with Crippen molar-refractivity contribution in [2.24, 2.45) is 40.1 Å². The molecule has 1 aromatic carbocycles. The standard InChI is InChI=1S/C35H53N3O4/c1-4-5-6-9-27(39)15-13-24-19-30(34(40)32(20-24)42-28-10-7-8-11-28)33-29-18-23(2)12-14-25(29)21-26(31(33)22-41-3)16-17-38-35(36)37/h6,9,19-21,23,26,28-29,31,33,40H,4-5,7-8,10-18,22H2,1-3H3,(H4,36,37,38)/b9-6+/t23-,26-,29-,31+,33-/m1/s1. The van der Waals surface area contributed by atoms with Crippen LogP contribution in [0.25, 0.3) is 0 Å². The molecule has 0 radical (unpaired) electrons. The monoisotopic (exact) mass is 579 g/mol. The van der Waals surface area contributed by atoms with Gasteiger partial charge in [-0.05, 0) is 112 Å². The fourth-order valence-corrected chi connectivity index (χ4v) is 7.45. The van der Waals surface area contributed by atoms with Crippen LogP contribution in [0.4, 0.5) is 0 Å². The van der Waals surface area contributed by atoms with Crippen molar-refractivity contribution in [1.82, 2.24) is 0 Å². The molecule has 0 unspecified atom stereocenters. The Bertz CT molecular complexity index is 1130. The zero-order valence-electron chi connectivity index (χ0n) is 26.0. The van der Waals surface area contributed by atoms with Crippen molar-refractivity contribution < 1.29 is 19.4 Å². The number of benzene rings is 1. The van der Waals surface area contributed by atoms with Gasteiger partial charge in [0.25, 0.3) is 0 Å². The number of phenols is 1. The number of guanidine groups is 1. The van der Waals surface area contributed by atoms with Gasteiger partial charge >= 0.3 is 0 Å². The molecule has 0 amide bonds. The Balaban J connectivity index is 1.74. The van der Waals surface area contributed by atoms with Gasteiger partial charge in [0.15, 0.2) is 23.2 Å². The zero-order chi connectivity index (χ0) is 30.1. The minimum atomic E-state index is 0.0722. The van der Waals surface area contributed by atoms with Crippen LogP contribution in [0.2, 0.25) is 0 Å². The van der Waals surface area contributed by atoms with Gasteiger partial charge in [0.1, 0.15) is 0 Å². The molecule has 7 nitrogen and oxygen atoms in total. The maximum absolute atomic E-state index is 12.6. The molecule has 0 aromatic heterocycles. The zero-order valence-corrected chi connectivity index (χ0v) is 26.0. The second-order valence-corrected chi connectivity index (χ2v) is 12.8. The normalized spacial score (nSPS) is 26.2. The van der Waals surface area contributed by atoms with Gasteiger partial charge < -0.3 is 26.0 Å². The molecular formula is C35H53N3O4. The number of unbranched alkanes of at least 4 members (excludes halogenated alkanes) is 1. The predicted molar refractivity (Wildman–Crippen MR) is 170 cm³/mol. The highest BCUT2D eigenvalue weighted by Crippen LogP contribution is 2.55. The van der Waals surface area contributed by atoms with Crippen LogP contribution in [0.3, 0.4) is 0 Å². The number of methoxy groups -OCH3 is 1. The highest BCUT2D eigenvalue weighted by molar-refractivity contribution is 5.89. The van der Waals surface area contributed by atoms with Gasteiger partial charge in [-0.15, -0.1) is 0 Å². The number of nitrogens with two attached hydrogens (primary N) is 2. The quantitative estimate of drug-likeness (QED) is 0.0992. The van der Waals surface area contributed by atoms with Gasteiger partial charge in [-0.25, -0.2) is 0 Å². The van der Waals surface area contributed by atoms with Gasteiger partial charge in [-0.3, -0.25) is 9.79 Å². The van der Waals surface area contributed by atoms with E-state index in [1.54, 1.807) is 13.2 Å². The van der Waals surface area contributed by atoms with E-state index in [0.717, 1.165) is 68.9 Å². The first kappa shape index (κ1) is 32.1. The van der Waals surface area contributed by atoms with E-state index in [9.17, 15) is 9.90 Å². The van der Waals surface area contributed by atoms with Crippen molar-refractivity contribution in [1.29, 1.82) is 0 Å². The number of ether oxygens (including phenoxy) is 2. The number of phenolic OH excluding ortho intramolecular Hbond substituents is 1. The lowest BCUT2D eigenvalue weighted by molar-refractivity contribution is -0.114. The molecule has 4 rings (SSSR count). The van der Waals surface area contributed by atoms with Gasteiger partial charge in [0, 0.05) is 25.6 Å². The Kier molecular flexibility index (Phi) is 11.9. The molecule has 0 saturated heterocycles. The summed E-state index contributed by atoms with van der Waals surface area (Å²) in [7, 11) is 1.76. The molecule has 0 spiro atoms. The van der Waals surface area contributed by atoms with Gasteiger partial charge in [0.05, 0.1) is 12.7 Å². The Morgan fingerprint density at radius 3 is 2.69 bits per heavy atom. The number of aliphatic imine (C=N–C) groups is 1. The molecule has 42 heavy (non-hydrogen) atoms. The average molecular weight is 580 g/mol. The summed E-state index contributed by atoms with van der Waals surface area (Å²) >= 11 is 0. The smallest absolute Gasteiger partial charge is 0.185 e. The molecule has 232 valence electrons. The first-order valence-corrected chi connectivity index (χ1v) is 16.3. The summed E-state index contributed by atoms with van der Waals surface area (Å²) in [6.45, 7) is 5.59. The summed E-state index contributed by atoms with van der Waals surface area (Å²) < 4.78 is 12.3. The largest absolute Gasteiger partial charge is 0.504 e. The molecule has 1 aromatic rings. The number of carbonyl (C=O) groups excluding carboxylic acids is 1. The number of fused-ring (bicyclic) bond motifs is 1. The molecule has 2 saturated carbocycles. The summed E-state index contributed by atoms with van der Waals surface area (Å²) in [5.41, 5.74) is 14.8. The molecule has 5 atom stereocenters. The predicted octanol–water partition coefficient (Wildman–Crippen LogP) is 6.57. The van der Waals surface area contributed by atoms with E-state index in [-0.39, 0.29) is 41.3 Å². The SMILES string of the molecule is CCC/C=C/C(=O)CCc1cc(OC2CCCC2)c(O)c([C@@H]2[C@@H](COC)[C@H](CCN=C(N)N)C=C3CC[C@@H](C)C[C@H]32)c1. The van der Waals surface area contributed by atoms with Crippen LogP contribution >= 0.6 is 0 Å². The molecule has 5 N–H and O–H groups in total. The first-order chi connectivity index (χ1) is 20.3. The number of hydrogen-bond acceptors (Lipinski definition) is 5. The number of aromatic hydroxyl groups is 1. The number of aryl methyl sites for hydroxylation is 1. The van der Waals surface area contributed by atoms with E-state index in [1.165, 1.54) is 12.0 Å². The average Bonchev–Trinajstić information content (AvgIpc) is 3.47. The number of ketones is 1. The maximum atomic E-state index is 12.6. The number of hydrogen-bond donors (Lipinski definition) is 3. The number of carbonyl (C=O) groups is 1. The van der Waals surface area contributed by atoms with E-state index in [0.29, 0.717) is 43.6 Å². The molecule has 0 bridgehead atoms. The lowest BCUT2D eigenvalue weighted by Crippen LogP contribution is -2.38. The number of allylic oxidation sites excluding steroid dienone is 4. The third kappa shape index (κ3) is 8.40. The topological polar surface area (TPSA) is 120 Å². The van der Waals surface area contributed by atoms with Crippen LogP contribution in [0.15, 0.2) is 40.9 Å². The Morgan fingerprint density at radius 2 is 1.98 bits per heavy atom. The van der Waals surface area contributed by atoms with Gasteiger partial charge in [0.2, 0.25) is 0 Å². The highest BCUT2D eigenvalue weighted by atomic mass is 16.5. The van der Waals surface area contributed by atoms with Crippen molar-refractivity contribution in [3.05, 3.63) is 47.1 Å². The van der Waals surface area contributed by atoms with E-state index < -0.39 is 0 Å². The fraction of sp³-hybridized carbons (Fsp3) is 0.657. The highest BCUT2D eigenvalue weighted by Gasteiger charge is 2.44. The van der Waals surface area contributed by atoms with Crippen LogP contribution in [0.5, 0.6) is 11.5 Å². The van der Waals surface area contributed by atoms with Crippen molar-refractivity contribution >= 4 is 11.7 Å². The van der Waals surface area contributed by atoms with Crippen molar-refractivity contribution in [3.8, 4) is 11.5 Å². The lowest BCUT2D eigenvalue weighted by atomic mass is 9.59. The summed E-state index contributed by atoms with van der Waals surface area (Å²) in [6.07, 6.45) is 17.8. The Hall–Kier alpha value is -2.80. The molecule has 3 aliphatic rings. The molecule has 2 fully saturated rings. The maximum Gasteiger partial charge on any atom is 0.185 e. The second kappa shape index (κ2) is 15.6. The van der Waals surface area contributed by atoms with E-state index >= 15 is 0 Å². The Labute approximate surface area is 252 Å². The minimum Gasteiger partial charge on any atom is -0.504 e. The van der Waals surface area contributed by atoms with E-state index in [2.05, 4.69) is 31.0 Å². The summed E-state index contributed by atoms with van der Waals surface area (Å²) in [5, 5.41) is 11.9.